The van der Waals surface area contributed by atoms with Gasteiger partial charge in [-0.15, -0.1) is 0 Å². The quantitative estimate of drug-likeness (QED) is 0.0406. The van der Waals surface area contributed by atoms with Gasteiger partial charge in [0.2, 0.25) is 5.91 Å². The number of amides is 1. The molecule has 1 amide bonds. The van der Waals surface area contributed by atoms with Gasteiger partial charge in [-0.05, 0) is 303 Å². The van der Waals surface area contributed by atoms with Crippen molar-refractivity contribution in [3.05, 3.63) is 85.8 Å². The fourth-order valence-corrected chi connectivity index (χ4v) is 23.3. The lowest BCUT2D eigenvalue weighted by Crippen LogP contribution is -2.37. The summed E-state index contributed by atoms with van der Waals surface area (Å²) in [6.07, 6.45) is 35.4. The van der Waals surface area contributed by atoms with Gasteiger partial charge in [0, 0.05) is 164 Å². The second kappa shape index (κ2) is 37.8. The molecule has 5 aromatic heterocycles. The van der Waals surface area contributed by atoms with Gasteiger partial charge in [-0.1, -0.05) is 0 Å². The minimum absolute atomic E-state index is 0.0764. The molecule has 24 nitrogen and oxygen atoms in total. The average molecular weight is 1580 g/mol. The second-order valence-electron chi connectivity index (χ2n) is 39.3. The number of carbonyl (C=O) groups excluding carboxylic acids is 1. The van der Waals surface area contributed by atoms with Gasteiger partial charge in [0.25, 0.3) is 0 Å². The molecule has 0 bridgehead atoms. The molecular weight excluding hydrogens is 1430 g/mol. The van der Waals surface area contributed by atoms with Crippen LogP contribution in [0.1, 0.15) is 279 Å². The van der Waals surface area contributed by atoms with Crippen molar-refractivity contribution in [3.63, 3.8) is 0 Å². The summed E-state index contributed by atoms with van der Waals surface area (Å²) >= 11 is 0. The smallest absolute Gasteiger partial charge is 0.229 e. The lowest BCUT2D eigenvalue weighted by Gasteiger charge is -2.42. The fraction of sp³-hybridized carbons (Fsp3) is 0.822. The number of ether oxygens (including phenoxy) is 4. The Morgan fingerprint density at radius 3 is 1.18 bits per heavy atom. The summed E-state index contributed by atoms with van der Waals surface area (Å²) < 4.78 is 34.9. The van der Waals surface area contributed by atoms with E-state index in [0.717, 1.165) is 188 Å². The maximum atomic E-state index is 13.5. The standard InChI is InChI=1S/C25H39N7O2.2C22H38N4O.C21H36N4O/c1-26-10-13-29(2)17-21-23(22-18-34-15-14-32(22)28-21)19-4-7-25(8-5-19)9-12-31(24(25)33)16-20-6-11-30(3)27-20;2*1-21(2)15-22(16-27-21)9-7-17(8-10-22)20-18(14-25(4)13-11-23-3)24-26-12-5-6-19(20)26;1-22-11-13-24(2)15-18-20(19-5-3-12-25(19)23-18)17-6-9-21(10-7-17)8-4-14-26-16-21/h6,11,19,26H,4-5,7-10,12-18H2,1-3H3;2*17,23H,5-16H2,1-4H3;17,22H,3-16H2,1-2H3. The minimum Gasteiger partial charge on any atom is -0.381 e. The van der Waals surface area contributed by atoms with E-state index < -0.39 is 0 Å². The van der Waals surface area contributed by atoms with Gasteiger partial charge >= 0.3 is 0 Å². The van der Waals surface area contributed by atoms with Gasteiger partial charge in [0.1, 0.15) is 0 Å². The van der Waals surface area contributed by atoms with Crippen molar-refractivity contribution in [3.8, 4) is 0 Å². The molecule has 5 aromatic rings. The van der Waals surface area contributed by atoms with Crippen molar-refractivity contribution in [2.45, 2.75) is 301 Å². The van der Waals surface area contributed by atoms with Gasteiger partial charge < -0.3 is 45.1 Å². The van der Waals surface area contributed by atoms with Crippen molar-refractivity contribution in [2.24, 2.45) is 28.7 Å². The van der Waals surface area contributed by atoms with E-state index >= 15 is 0 Å². The molecule has 4 spiro atoms. The van der Waals surface area contributed by atoms with Crippen molar-refractivity contribution < 1.29 is 23.7 Å². The summed E-state index contributed by atoms with van der Waals surface area (Å²) in [6.45, 7) is 32.1. The minimum atomic E-state index is -0.182. The molecule has 13 heterocycles. The molecule has 0 unspecified atom stereocenters. The highest BCUT2D eigenvalue weighted by Gasteiger charge is 2.52. The molecule has 0 radical (unpaired) electrons. The fourth-order valence-electron chi connectivity index (χ4n) is 23.3. The number of nitrogens with one attached hydrogen (secondary N) is 4. The zero-order chi connectivity index (χ0) is 79.8. The zero-order valence-electron chi connectivity index (χ0n) is 73.3. The van der Waals surface area contributed by atoms with E-state index in [9.17, 15) is 4.79 Å². The summed E-state index contributed by atoms with van der Waals surface area (Å²) in [7, 11) is 18.8. The Kier molecular flexibility index (Phi) is 28.3. The van der Waals surface area contributed by atoms with Crippen LogP contribution in [0, 0.1) is 21.7 Å². The number of hydrogen-bond donors (Lipinski definition) is 4. The number of fused-ring (bicyclic) bond motifs is 4. The predicted molar refractivity (Wildman–Crippen MR) is 452 cm³/mol. The third kappa shape index (κ3) is 20.0. The van der Waals surface area contributed by atoms with E-state index in [-0.39, 0.29) is 16.6 Å². The Morgan fingerprint density at radius 1 is 0.439 bits per heavy atom. The topological polar surface area (TPSA) is 207 Å². The molecule has 0 atom stereocenters. The number of nitrogens with zero attached hydrogens (tertiary/aromatic N) is 15. The summed E-state index contributed by atoms with van der Waals surface area (Å²) in [4.78, 5) is 25.1. The Morgan fingerprint density at radius 2 is 0.825 bits per heavy atom. The third-order valence-electron chi connectivity index (χ3n) is 29.4. The summed E-state index contributed by atoms with van der Waals surface area (Å²) in [5.41, 5.74) is 19.8. The maximum Gasteiger partial charge on any atom is 0.229 e. The van der Waals surface area contributed by atoms with Crippen LogP contribution in [0.15, 0.2) is 12.3 Å². The van der Waals surface area contributed by atoms with Crippen LogP contribution < -0.4 is 21.3 Å². The number of rotatable bonds is 26. The molecule has 4 saturated heterocycles. The van der Waals surface area contributed by atoms with Crippen LogP contribution in [0.4, 0.5) is 0 Å². The van der Waals surface area contributed by atoms with Crippen molar-refractivity contribution in [2.75, 3.05) is 148 Å². The van der Waals surface area contributed by atoms with Crippen molar-refractivity contribution >= 4 is 5.91 Å². The first kappa shape index (κ1) is 85.5. The maximum absolute atomic E-state index is 13.5. The van der Waals surface area contributed by atoms with Crippen LogP contribution in [0.2, 0.25) is 0 Å². The first-order valence-electron chi connectivity index (χ1n) is 45.4. The van der Waals surface area contributed by atoms with E-state index in [4.69, 9.17) is 39.3 Å². The van der Waals surface area contributed by atoms with Crippen LogP contribution in [0.25, 0.3) is 0 Å². The molecule has 114 heavy (non-hydrogen) atoms. The number of likely N-dealkylation sites (N-methyl/N-ethyl adjacent to an activating group) is 8. The Balaban J connectivity index is 0.000000127. The zero-order valence-corrected chi connectivity index (χ0v) is 73.3. The van der Waals surface area contributed by atoms with E-state index in [1.807, 2.05) is 52.4 Å². The number of aromatic nitrogens is 10. The molecule has 8 aliphatic heterocycles. The molecule has 8 fully saturated rings. The Bertz CT molecular complexity index is 3780. The van der Waals surface area contributed by atoms with E-state index in [0.29, 0.717) is 53.1 Å². The molecule has 0 aromatic carbocycles. The highest BCUT2D eigenvalue weighted by molar-refractivity contribution is 5.85. The van der Waals surface area contributed by atoms with Crippen LogP contribution in [0.3, 0.4) is 0 Å². The van der Waals surface area contributed by atoms with Gasteiger partial charge in [-0.3, -0.25) is 47.8 Å². The monoisotopic (exact) mass is 1580 g/mol. The molecule has 17 rings (SSSR count). The van der Waals surface area contributed by atoms with Gasteiger partial charge in [0.15, 0.2) is 0 Å². The van der Waals surface area contributed by atoms with Crippen LogP contribution >= 0.6 is 0 Å². The largest absolute Gasteiger partial charge is 0.381 e. The van der Waals surface area contributed by atoms with Crippen LogP contribution in [-0.2, 0) is 116 Å². The van der Waals surface area contributed by atoms with Crippen molar-refractivity contribution in [1.82, 2.24) is 94.7 Å². The SMILES string of the molecule is CNCCN(C)Cc1nn2c(c1C1CCC3(CC1)CCN(Cc1ccn(C)n1)C3=O)COCC2.CNCCN(C)Cc1nn2c(c1C1CCC3(CC1)COC(C)(C)C3)CCC2.CNCCN(C)Cc1nn2c(c1C1CCC3(CC1)COC(C)(C)C3)CCC2.CNCCN(C)Cc1nn2c(c1C1CCC3(CCCOC3)CC1)CCC2. The summed E-state index contributed by atoms with van der Waals surface area (Å²) in [5.74, 6) is 2.92. The lowest BCUT2D eigenvalue weighted by atomic mass is 9.66. The van der Waals surface area contributed by atoms with Gasteiger partial charge in [-0.2, -0.15) is 25.5 Å². The average Bonchev–Trinajstić information content (AvgIpc) is 1.61. The van der Waals surface area contributed by atoms with Gasteiger partial charge in [-0.25, -0.2) is 0 Å². The number of aryl methyl sites for hydroxylation is 4. The van der Waals surface area contributed by atoms with E-state index in [1.165, 1.54) is 175 Å². The normalized spacial score (nSPS) is 28.1. The van der Waals surface area contributed by atoms with Crippen molar-refractivity contribution in [1.29, 1.82) is 0 Å². The molecule has 24 heteroatoms. The predicted octanol–water partition coefficient (Wildman–Crippen LogP) is 11.5. The number of likely N-dealkylation sites (tertiary alicyclic amines) is 1. The van der Waals surface area contributed by atoms with Gasteiger partial charge in [0.05, 0.1) is 96.9 Å². The third-order valence-corrected chi connectivity index (χ3v) is 29.4. The Hall–Kier alpha value is -4.96. The van der Waals surface area contributed by atoms with E-state index in [2.05, 4.69) is 121 Å². The summed E-state index contributed by atoms with van der Waals surface area (Å²) in [5, 5.41) is 37.7. The first-order chi connectivity index (χ1) is 55.0. The first-order valence-corrected chi connectivity index (χ1v) is 45.4. The molecule has 12 aliphatic rings. The molecule has 4 aliphatic carbocycles. The second-order valence-corrected chi connectivity index (χ2v) is 39.3. The molecule has 4 N–H and O–H groups in total. The molecular formula is C90H151N19O5. The number of carbonyl (C=O) groups is 1. The lowest BCUT2D eigenvalue weighted by molar-refractivity contribution is -0.138. The van der Waals surface area contributed by atoms with Crippen LogP contribution in [0.5, 0.6) is 0 Å². The molecule has 636 valence electrons. The summed E-state index contributed by atoms with van der Waals surface area (Å²) in [6, 6.07) is 2.01. The highest BCUT2D eigenvalue weighted by atomic mass is 16.5. The van der Waals surface area contributed by atoms with Crippen LogP contribution in [-0.4, -0.2) is 239 Å². The molecule has 4 saturated carbocycles. The van der Waals surface area contributed by atoms with E-state index in [1.54, 1.807) is 38.5 Å². The number of hydrogen-bond acceptors (Lipinski definition) is 18. The Labute approximate surface area is 685 Å². The highest BCUT2D eigenvalue weighted by Crippen LogP contribution is 2.56.